The SMILES string of the molecule is CNC(=O)CCCNCCCOCC1CC1. The zero-order valence-electron chi connectivity index (χ0n) is 10.3. The number of ether oxygens (including phenoxy) is 1. The maximum atomic E-state index is 10.9. The van der Waals surface area contributed by atoms with E-state index < -0.39 is 0 Å². The summed E-state index contributed by atoms with van der Waals surface area (Å²) in [5.74, 6) is 0.982. The summed E-state index contributed by atoms with van der Waals surface area (Å²) in [4.78, 5) is 10.9. The van der Waals surface area contributed by atoms with Crippen LogP contribution in [0, 0.1) is 5.92 Å². The molecule has 4 nitrogen and oxygen atoms in total. The van der Waals surface area contributed by atoms with Gasteiger partial charge in [0.25, 0.3) is 0 Å². The molecular formula is C12H24N2O2. The summed E-state index contributed by atoms with van der Waals surface area (Å²) in [5.41, 5.74) is 0. The second kappa shape index (κ2) is 8.53. The van der Waals surface area contributed by atoms with E-state index in [1.165, 1.54) is 12.8 Å². The number of amides is 1. The Morgan fingerprint density at radius 1 is 1.31 bits per heavy atom. The third kappa shape index (κ3) is 7.65. The predicted octanol–water partition coefficient (Wildman–Crippen LogP) is 0.919. The zero-order valence-corrected chi connectivity index (χ0v) is 10.3. The minimum Gasteiger partial charge on any atom is -0.381 e. The molecule has 1 fully saturated rings. The van der Waals surface area contributed by atoms with Crippen LogP contribution in [0.5, 0.6) is 0 Å². The standard InChI is InChI=1S/C12H24N2O2/c1-13-12(15)4-2-7-14-8-3-9-16-10-11-5-6-11/h11,14H,2-10H2,1H3,(H,13,15). The van der Waals surface area contributed by atoms with Gasteiger partial charge >= 0.3 is 0 Å². The Morgan fingerprint density at radius 3 is 2.75 bits per heavy atom. The van der Waals surface area contributed by atoms with Gasteiger partial charge in [0.05, 0.1) is 0 Å². The van der Waals surface area contributed by atoms with Crippen molar-refractivity contribution in [3.8, 4) is 0 Å². The van der Waals surface area contributed by atoms with E-state index in [0.717, 1.165) is 45.1 Å². The molecule has 0 radical (unpaired) electrons. The van der Waals surface area contributed by atoms with E-state index in [2.05, 4.69) is 10.6 Å². The van der Waals surface area contributed by atoms with Crippen LogP contribution >= 0.6 is 0 Å². The van der Waals surface area contributed by atoms with Crippen molar-refractivity contribution in [3.63, 3.8) is 0 Å². The molecule has 4 heteroatoms. The van der Waals surface area contributed by atoms with Gasteiger partial charge in [-0.05, 0) is 44.7 Å². The first kappa shape index (κ1) is 13.5. The fourth-order valence-electron chi connectivity index (χ4n) is 1.46. The molecule has 0 spiro atoms. The highest BCUT2D eigenvalue weighted by atomic mass is 16.5. The normalized spacial score (nSPS) is 15.1. The first-order valence-corrected chi connectivity index (χ1v) is 6.32. The van der Waals surface area contributed by atoms with Crippen LogP contribution < -0.4 is 10.6 Å². The van der Waals surface area contributed by atoms with Gasteiger partial charge in [0.15, 0.2) is 0 Å². The Balaban J connectivity index is 1.69. The second-order valence-corrected chi connectivity index (χ2v) is 4.40. The quantitative estimate of drug-likeness (QED) is 0.547. The molecule has 16 heavy (non-hydrogen) atoms. The van der Waals surface area contributed by atoms with E-state index in [1.807, 2.05) is 0 Å². The smallest absolute Gasteiger partial charge is 0.219 e. The predicted molar refractivity (Wildman–Crippen MR) is 64.3 cm³/mol. The fourth-order valence-corrected chi connectivity index (χ4v) is 1.46. The van der Waals surface area contributed by atoms with Crippen LogP contribution in [-0.2, 0) is 9.53 Å². The lowest BCUT2D eigenvalue weighted by Crippen LogP contribution is -2.22. The third-order valence-electron chi connectivity index (χ3n) is 2.73. The van der Waals surface area contributed by atoms with E-state index in [1.54, 1.807) is 7.05 Å². The Morgan fingerprint density at radius 2 is 2.06 bits per heavy atom. The maximum absolute atomic E-state index is 10.9. The van der Waals surface area contributed by atoms with Gasteiger partial charge in [-0.2, -0.15) is 0 Å². The molecule has 1 amide bonds. The molecule has 2 N–H and O–H groups in total. The minimum absolute atomic E-state index is 0.120. The molecule has 1 aliphatic carbocycles. The van der Waals surface area contributed by atoms with Crippen molar-refractivity contribution < 1.29 is 9.53 Å². The average molecular weight is 228 g/mol. The van der Waals surface area contributed by atoms with Crippen LogP contribution in [0.3, 0.4) is 0 Å². The highest BCUT2D eigenvalue weighted by Crippen LogP contribution is 2.28. The average Bonchev–Trinajstić information content (AvgIpc) is 3.10. The topological polar surface area (TPSA) is 50.4 Å². The van der Waals surface area contributed by atoms with E-state index in [4.69, 9.17) is 4.74 Å². The molecule has 0 atom stereocenters. The van der Waals surface area contributed by atoms with Crippen LogP contribution in [0.4, 0.5) is 0 Å². The lowest BCUT2D eigenvalue weighted by Gasteiger charge is -2.05. The second-order valence-electron chi connectivity index (χ2n) is 4.40. The summed E-state index contributed by atoms with van der Waals surface area (Å²) in [5, 5.41) is 5.92. The fraction of sp³-hybridized carbons (Fsp3) is 0.917. The zero-order chi connectivity index (χ0) is 11.6. The molecule has 0 aliphatic heterocycles. The molecule has 94 valence electrons. The molecule has 0 bridgehead atoms. The molecule has 1 saturated carbocycles. The third-order valence-corrected chi connectivity index (χ3v) is 2.73. The number of hydrogen-bond donors (Lipinski definition) is 2. The number of rotatable bonds is 10. The molecule has 0 unspecified atom stereocenters. The Hall–Kier alpha value is -0.610. The monoisotopic (exact) mass is 228 g/mol. The number of carbonyl (C=O) groups excluding carboxylic acids is 1. The van der Waals surface area contributed by atoms with Gasteiger partial charge in [-0.1, -0.05) is 0 Å². The summed E-state index contributed by atoms with van der Waals surface area (Å²) >= 11 is 0. The lowest BCUT2D eigenvalue weighted by atomic mass is 10.3. The van der Waals surface area contributed by atoms with Crippen LogP contribution in [0.25, 0.3) is 0 Å². The van der Waals surface area contributed by atoms with Gasteiger partial charge in [-0.25, -0.2) is 0 Å². The van der Waals surface area contributed by atoms with Gasteiger partial charge in [0.2, 0.25) is 5.91 Å². The van der Waals surface area contributed by atoms with Crippen LogP contribution in [-0.4, -0.2) is 39.3 Å². The number of nitrogens with one attached hydrogen (secondary N) is 2. The maximum Gasteiger partial charge on any atom is 0.219 e. The van der Waals surface area contributed by atoms with E-state index in [0.29, 0.717) is 6.42 Å². The van der Waals surface area contributed by atoms with Gasteiger partial charge < -0.3 is 15.4 Å². The van der Waals surface area contributed by atoms with Gasteiger partial charge in [0.1, 0.15) is 0 Å². The Labute approximate surface area is 98.1 Å². The van der Waals surface area contributed by atoms with Gasteiger partial charge in [-0.15, -0.1) is 0 Å². The molecule has 0 aromatic heterocycles. The summed E-state index contributed by atoms with van der Waals surface area (Å²) in [7, 11) is 1.67. The summed E-state index contributed by atoms with van der Waals surface area (Å²) < 4.78 is 5.52. The van der Waals surface area contributed by atoms with Crippen molar-refractivity contribution >= 4 is 5.91 Å². The van der Waals surface area contributed by atoms with Crippen LogP contribution in [0.1, 0.15) is 32.1 Å². The van der Waals surface area contributed by atoms with Crippen molar-refractivity contribution in [2.24, 2.45) is 5.92 Å². The molecule has 1 rings (SSSR count). The summed E-state index contributed by atoms with van der Waals surface area (Å²) in [6, 6.07) is 0. The van der Waals surface area contributed by atoms with Crippen molar-refractivity contribution in [1.29, 1.82) is 0 Å². The summed E-state index contributed by atoms with van der Waals surface area (Å²) in [6.45, 7) is 3.71. The Kier molecular flexibility index (Phi) is 7.17. The number of carbonyl (C=O) groups is 1. The summed E-state index contributed by atoms with van der Waals surface area (Å²) in [6.07, 6.45) is 5.30. The molecule has 0 aromatic rings. The molecule has 0 saturated heterocycles. The minimum atomic E-state index is 0.120. The van der Waals surface area contributed by atoms with Crippen molar-refractivity contribution in [1.82, 2.24) is 10.6 Å². The molecule has 1 aliphatic rings. The Bertz CT molecular complexity index is 193. The van der Waals surface area contributed by atoms with Crippen molar-refractivity contribution in [2.45, 2.75) is 32.1 Å². The molecule has 0 aromatic carbocycles. The highest BCUT2D eigenvalue weighted by molar-refractivity contribution is 5.75. The van der Waals surface area contributed by atoms with E-state index >= 15 is 0 Å². The van der Waals surface area contributed by atoms with Crippen molar-refractivity contribution in [2.75, 3.05) is 33.4 Å². The first-order chi connectivity index (χ1) is 7.83. The van der Waals surface area contributed by atoms with Crippen LogP contribution in [0.2, 0.25) is 0 Å². The number of hydrogen-bond acceptors (Lipinski definition) is 3. The van der Waals surface area contributed by atoms with Crippen molar-refractivity contribution in [3.05, 3.63) is 0 Å². The molecule has 0 heterocycles. The van der Waals surface area contributed by atoms with Gasteiger partial charge in [-0.3, -0.25) is 4.79 Å². The van der Waals surface area contributed by atoms with E-state index in [-0.39, 0.29) is 5.91 Å². The van der Waals surface area contributed by atoms with Gasteiger partial charge in [0, 0.05) is 26.7 Å². The lowest BCUT2D eigenvalue weighted by molar-refractivity contribution is -0.120. The first-order valence-electron chi connectivity index (χ1n) is 6.32. The highest BCUT2D eigenvalue weighted by Gasteiger charge is 2.20. The van der Waals surface area contributed by atoms with E-state index in [9.17, 15) is 4.79 Å². The molecular weight excluding hydrogens is 204 g/mol. The van der Waals surface area contributed by atoms with Crippen LogP contribution in [0.15, 0.2) is 0 Å². The largest absolute Gasteiger partial charge is 0.381 e.